The standard InChI is InChI=1S/C14H20BrFN2/c1-18-7-3-2-4-10(9-17)14(18)12-6-5-11(16)8-13(12)15/h5-6,8,10,14H,2-4,7,9,17H2,1H3. The van der Waals surface area contributed by atoms with Gasteiger partial charge in [-0.2, -0.15) is 0 Å². The van der Waals surface area contributed by atoms with Gasteiger partial charge in [0.05, 0.1) is 0 Å². The maximum absolute atomic E-state index is 13.2. The predicted molar refractivity (Wildman–Crippen MR) is 75.9 cm³/mol. The molecule has 1 fully saturated rings. The topological polar surface area (TPSA) is 29.3 Å². The van der Waals surface area contributed by atoms with E-state index in [1.54, 1.807) is 6.07 Å². The van der Waals surface area contributed by atoms with Crippen molar-refractivity contribution in [3.05, 3.63) is 34.1 Å². The highest BCUT2D eigenvalue weighted by molar-refractivity contribution is 9.10. The first-order valence-electron chi connectivity index (χ1n) is 6.48. The summed E-state index contributed by atoms with van der Waals surface area (Å²) in [5.74, 6) is 0.241. The molecule has 1 aromatic rings. The van der Waals surface area contributed by atoms with Crippen LogP contribution in [0.2, 0.25) is 0 Å². The fourth-order valence-electron chi connectivity index (χ4n) is 2.90. The van der Waals surface area contributed by atoms with Gasteiger partial charge in [0.25, 0.3) is 0 Å². The molecule has 0 spiro atoms. The van der Waals surface area contributed by atoms with Crippen molar-refractivity contribution in [2.24, 2.45) is 11.7 Å². The minimum absolute atomic E-state index is 0.203. The summed E-state index contributed by atoms with van der Waals surface area (Å²) >= 11 is 3.48. The molecule has 0 aliphatic carbocycles. The van der Waals surface area contributed by atoms with Crippen LogP contribution in [0.25, 0.3) is 0 Å². The minimum atomic E-state index is -0.203. The average molecular weight is 315 g/mol. The molecule has 0 saturated carbocycles. The second-order valence-corrected chi connectivity index (χ2v) is 5.94. The number of benzene rings is 1. The zero-order valence-corrected chi connectivity index (χ0v) is 12.3. The first-order valence-corrected chi connectivity index (χ1v) is 7.28. The highest BCUT2D eigenvalue weighted by Crippen LogP contribution is 2.37. The summed E-state index contributed by atoms with van der Waals surface area (Å²) in [4.78, 5) is 2.35. The van der Waals surface area contributed by atoms with Crippen LogP contribution in [0, 0.1) is 11.7 Å². The number of hydrogen-bond donors (Lipinski definition) is 1. The van der Waals surface area contributed by atoms with Crippen LogP contribution in [-0.4, -0.2) is 25.0 Å². The van der Waals surface area contributed by atoms with Gasteiger partial charge in [0.1, 0.15) is 5.82 Å². The molecule has 1 heterocycles. The second-order valence-electron chi connectivity index (χ2n) is 5.08. The molecule has 100 valence electrons. The molecule has 1 saturated heterocycles. The third kappa shape index (κ3) is 2.92. The molecular weight excluding hydrogens is 295 g/mol. The molecule has 1 aromatic carbocycles. The molecule has 2 atom stereocenters. The number of nitrogens with zero attached hydrogens (tertiary/aromatic N) is 1. The molecule has 0 aromatic heterocycles. The summed E-state index contributed by atoms with van der Waals surface area (Å²) in [6.07, 6.45) is 3.58. The summed E-state index contributed by atoms with van der Waals surface area (Å²) in [7, 11) is 2.13. The van der Waals surface area contributed by atoms with E-state index in [9.17, 15) is 4.39 Å². The summed E-state index contributed by atoms with van der Waals surface area (Å²) in [5.41, 5.74) is 7.08. The number of rotatable bonds is 2. The maximum Gasteiger partial charge on any atom is 0.124 e. The SMILES string of the molecule is CN1CCCCC(CN)C1c1ccc(F)cc1Br. The van der Waals surface area contributed by atoms with Crippen LogP contribution in [0.15, 0.2) is 22.7 Å². The molecule has 18 heavy (non-hydrogen) atoms. The van der Waals surface area contributed by atoms with Gasteiger partial charge in [-0.1, -0.05) is 28.4 Å². The van der Waals surface area contributed by atoms with Crippen molar-refractivity contribution in [3.63, 3.8) is 0 Å². The zero-order valence-electron chi connectivity index (χ0n) is 10.7. The lowest BCUT2D eigenvalue weighted by Crippen LogP contribution is -2.33. The summed E-state index contributed by atoms with van der Waals surface area (Å²) in [6.45, 7) is 1.75. The van der Waals surface area contributed by atoms with E-state index in [4.69, 9.17) is 5.73 Å². The van der Waals surface area contributed by atoms with Gasteiger partial charge in [-0.05, 0) is 56.6 Å². The Morgan fingerprint density at radius 3 is 2.89 bits per heavy atom. The van der Waals surface area contributed by atoms with Gasteiger partial charge in [-0.3, -0.25) is 4.90 Å². The molecular formula is C14H20BrFN2. The van der Waals surface area contributed by atoms with E-state index in [1.807, 2.05) is 6.07 Å². The van der Waals surface area contributed by atoms with Crippen molar-refractivity contribution in [1.82, 2.24) is 4.90 Å². The molecule has 0 radical (unpaired) electrons. The van der Waals surface area contributed by atoms with Crippen LogP contribution >= 0.6 is 15.9 Å². The average Bonchev–Trinajstić information content (AvgIpc) is 2.51. The van der Waals surface area contributed by atoms with Gasteiger partial charge in [0, 0.05) is 10.5 Å². The van der Waals surface area contributed by atoms with Crippen molar-refractivity contribution in [3.8, 4) is 0 Å². The third-order valence-corrected chi connectivity index (χ3v) is 4.53. The van der Waals surface area contributed by atoms with Crippen molar-refractivity contribution >= 4 is 15.9 Å². The number of nitrogens with two attached hydrogens (primary N) is 1. The Kier molecular flexibility index (Phi) is 4.76. The second kappa shape index (κ2) is 6.13. The van der Waals surface area contributed by atoms with Crippen molar-refractivity contribution < 1.29 is 4.39 Å². The third-order valence-electron chi connectivity index (χ3n) is 3.84. The minimum Gasteiger partial charge on any atom is -0.330 e. The van der Waals surface area contributed by atoms with Crippen molar-refractivity contribution in [1.29, 1.82) is 0 Å². The Bertz CT molecular complexity index is 411. The monoisotopic (exact) mass is 314 g/mol. The van der Waals surface area contributed by atoms with Crippen molar-refractivity contribution in [2.45, 2.75) is 25.3 Å². The lowest BCUT2D eigenvalue weighted by atomic mass is 9.89. The molecule has 2 unspecified atom stereocenters. The smallest absolute Gasteiger partial charge is 0.124 e. The lowest BCUT2D eigenvalue weighted by Gasteiger charge is -2.32. The van der Waals surface area contributed by atoms with Gasteiger partial charge in [-0.15, -0.1) is 0 Å². The van der Waals surface area contributed by atoms with Crippen LogP contribution in [0.1, 0.15) is 30.9 Å². The number of likely N-dealkylation sites (tertiary alicyclic amines) is 1. The van der Waals surface area contributed by atoms with Gasteiger partial charge in [0.2, 0.25) is 0 Å². The van der Waals surface area contributed by atoms with Gasteiger partial charge >= 0.3 is 0 Å². The Hall–Kier alpha value is -0.450. The maximum atomic E-state index is 13.2. The van der Waals surface area contributed by atoms with E-state index in [1.165, 1.54) is 18.9 Å². The molecule has 1 aliphatic heterocycles. The fourth-order valence-corrected chi connectivity index (χ4v) is 3.49. The Morgan fingerprint density at radius 2 is 2.22 bits per heavy atom. The molecule has 1 aliphatic rings. The predicted octanol–water partition coefficient (Wildman–Crippen LogP) is 3.32. The Balaban J connectivity index is 2.36. The van der Waals surface area contributed by atoms with Crippen molar-refractivity contribution in [2.75, 3.05) is 20.1 Å². The Labute approximate surface area is 116 Å². The highest BCUT2D eigenvalue weighted by Gasteiger charge is 2.29. The van der Waals surface area contributed by atoms with Gasteiger partial charge in [0.15, 0.2) is 0 Å². The van der Waals surface area contributed by atoms with Crippen LogP contribution in [0.5, 0.6) is 0 Å². The van der Waals surface area contributed by atoms with E-state index in [0.29, 0.717) is 12.5 Å². The first-order chi connectivity index (χ1) is 8.63. The van der Waals surface area contributed by atoms with E-state index in [0.717, 1.165) is 23.0 Å². The van der Waals surface area contributed by atoms with Crippen LogP contribution < -0.4 is 5.73 Å². The van der Waals surface area contributed by atoms with Crippen LogP contribution in [0.4, 0.5) is 4.39 Å². The van der Waals surface area contributed by atoms with Crippen LogP contribution in [0.3, 0.4) is 0 Å². The summed E-state index contributed by atoms with van der Waals surface area (Å²) in [6, 6.07) is 5.25. The first kappa shape index (κ1) is 14.0. The van der Waals surface area contributed by atoms with Crippen LogP contribution in [-0.2, 0) is 0 Å². The largest absolute Gasteiger partial charge is 0.330 e. The molecule has 2 rings (SSSR count). The van der Waals surface area contributed by atoms with Gasteiger partial charge < -0.3 is 5.73 Å². The summed E-state index contributed by atoms with van der Waals surface area (Å²) < 4.78 is 14.0. The van der Waals surface area contributed by atoms with E-state index in [-0.39, 0.29) is 11.9 Å². The molecule has 0 bridgehead atoms. The van der Waals surface area contributed by atoms with E-state index < -0.39 is 0 Å². The quantitative estimate of drug-likeness (QED) is 0.907. The molecule has 2 nitrogen and oxygen atoms in total. The summed E-state index contributed by atoms with van der Waals surface area (Å²) in [5, 5.41) is 0. The fraction of sp³-hybridized carbons (Fsp3) is 0.571. The zero-order chi connectivity index (χ0) is 13.1. The normalized spacial score (nSPS) is 26.0. The van der Waals surface area contributed by atoms with Gasteiger partial charge in [-0.25, -0.2) is 4.39 Å². The van der Waals surface area contributed by atoms with E-state index in [2.05, 4.69) is 27.9 Å². The lowest BCUT2D eigenvalue weighted by molar-refractivity contribution is 0.195. The number of halogens is 2. The van der Waals surface area contributed by atoms with E-state index >= 15 is 0 Å². The molecule has 4 heteroatoms. The number of hydrogen-bond acceptors (Lipinski definition) is 2. The Morgan fingerprint density at radius 1 is 1.44 bits per heavy atom. The molecule has 2 N–H and O–H groups in total. The molecule has 0 amide bonds. The highest BCUT2D eigenvalue weighted by atomic mass is 79.9.